The average molecular weight is 297 g/mol. The van der Waals surface area contributed by atoms with Gasteiger partial charge in [-0.2, -0.15) is 0 Å². The van der Waals surface area contributed by atoms with Gasteiger partial charge in [-0.1, -0.05) is 13.8 Å². The van der Waals surface area contributed by atoms with Crippen LogP contribution in [-0.4, -0.2) is 64.0 Å². The van der Waals surface area contributed by atoms with Gasteiger partial charge >= 0.3 is 0 Å². The van der Waals surface area contributed by atoms with Gasteiger partial charge in [0.2, 0.25) is 0 Å². The highest BCUT2D eigenvalue weighted by molar-refractivity contribution is 5.80. The summed E-state index contributed by atoms with van der Waals surface area (Å²) in [5.74, 6) is 1.71. The maximum absolute atomic E-state index is 5.64. The fourth-order valence-electron chi connectivity index (χ4n) is 3.08. The third kappa shape index (κ3) is 4.85. The Morgan fingerprint density at radius 3 is 2.90 bits per heavy atom. The molecule has 1 unspecified atom stereocenters. The summed E-state index contributed by atoms with van der Waals surface area (Å²) in [6.07, 6.45) is 3.54. The van der Waals surface area contributed by atoms with Crippen molar-refractivity contribution in [2.24, 2.45) is 16.3 Å². The van der Waals surface area contributed by atoms with Crippen molar-refractivity contribution < 1.29 is 9.47 Å². The predicted molar refractivity (Wildman–Crippen MR) is 85.7 cm³/mol. The number of likely N-dealkylation sites (tertiary alicyclic amines) is 1. The zero-order valence-electron chi connectivity index (χ0n) is 13.9. The van der Waals surface area contributed by atoms with E-state index >= 15 is 0 Å². The van der Waals surface area contributed by atoms with E-state index in [9.17, 15) is 0 Å². The molecule has 1 atom stereocenters. The fourth-order valence-corrected chi connectivity index (χ4v) is 3.08. The lowest BCUT2D eigenvalue weighted by atomic mass is 9.87. The van der Waals surface area contributed by atoms with Crippen LogP contribution in [-0.2, 0) is 9.47 Å². The van der Waals surface area contributed by atoms with Gasteiger partial charge in [-0.25, -0.2) is 0 Å². The minimum atomic E-state index is 0.380. The molecule has 0 amide bonds. The molecule has 5 heteroatoms. The van der Waals surface area contributed by atoms with E-state index in [1.807, 2.05) is 7.05 Å². The average Bonchev–Trinajstić information content (AvgIpc) is 3.09. The lowest BCUT2D eigenvalue weighted by Crippen LogP contribution is -2.42. The van der Waals surface area contributed by atoms with Crippen LogP contribution in [0.5, 0.6) is 0 Å². The lowest BCUT2D eigenvalue weighted by Gasteiger charge is -2.24. The minimum Gasteiger partial charge on any atom is -0.381 e. The SMILES string of the molecule is CN=C(NCCOCCC(C)C)N1CCC2(CCOC2)C1. The smallest absolute Gasteiger partial charge is 0.193 e. The summed E-state index contributed by atoms with van der Waals surface area (Å²) in [7, 11) is 1.86. The standard InChI is InChI=1S/C16H31N3O2/c1-14(2)4-9-20-11-7-18-15(17-3)19-8-5-16(12-19)6-10-21-13-16/h14H,4-13H2,1-3H3,(H,17,18). The summed E-state index contributed by atoms with van der Waals surface area (Å²) in [6, 6.07) is 0. The van der Waals surface area contributed by atoms with Gasteiger partial charge in [0.05, 0.1) is 13.2 Å². The third-order valence-corrected chi connectivity index (χ3v) is 4.50. The molecular formula is C16H31N3O2. The van der Waals surface area contributed by atoms with Crippen molar-refractivity contribution in [1.29, 1.82) is 0 Å². The van der Waals surface area contributed by atoms with Gasteiger partial charge in [0, 0.05) is 45.3 Å². The molecule has 0 aromatic carbocycles. The normalized spacial score (nSPS) is 26.3. The van der Waals surface area contributed by atoms with Crippen LogP contribution in [0, 0.1) is 11.3 Å². The monoisotopic (exact) mass is 297 g/mol. The molecule has 0 aliphatic carbocycles. The number of nitrogens with zero attached hydrogens (tertiary/aromatic N) is 2. The van der Waals surface area contributed by atoms with Crippen molar-refractivity contribution in [2.75, 3.05) is 53.1 Å². The van der Waals surface area contributed by atoms with Crippen molar-refractivity contribution in [1.82, 2.24) is 10.2 Å². The molecule has 2 aliphatic heterocycles. The Kier molecular flexibility index (Phi) is 6.30. The highest BCUT2D eigenvalue weighted by atomic mass is 16.5. The Bertz CT molecular complexity index is 338. The van der Waals surface area contributed by atoms with E-state index in [-0.39, 0.29) is 0 Å². The van der Waals surface area contributed by atoms with E-state index in [0.29, 0.717) is 11.3 Å². The number of hydrogen-bond donors (Lipinski definition) is 1. The van der Waals surface area contributed by atoms with Crippen LogP contribution in [0.3, 0.4) is 0 Å². The van der Waals surface area contributed by atoms with Crippen molar-refractivity contribution in [3.8, 4) is 0 Å². The zero-order chi connectivity index (χ0) is 15.1. The van der Waals surface area contributed by atoms with Crippen molar-refractivity contribution in [3.05, 3.63) is 0 Å². The van der Waals surface area contributed by atoms with E-state index in [4.69, 9.17) is 9.47 Å². The van der Waals surface area contributed by atoms with Crippen LogP contribution >= 0.6 is 0 Å². The molecule has 1 N–H and O–H groups in total. The van der Waals surface area contributed by atoms with Gasteiger partial charge in [0.15, 0.2) is 5.96 Å². The highest BCUT2D eigenvalue weighted by Gasteiger charge is 2.42. The summed E-state index contributed by atoms with van der Waals surface area (Å²) < 4.78 is 11.2. The van der Waals surface area contributed by atoms with Gasteiger partial charge in [0.25, 0.3) is 0 Å². The molecular weight excluding hydrogens is 266 g/mol. The molecule has 0 aromatic rings. The summed E-state index contributed by atoms with van der Waals surface area (Å²) >= 11 is 0. The highest BCUT2D eigenvalue weighted by Crippen LogP contribution is 2.38. The largest absolute Gasteiger partial charge is 0.381 e. The molecule has 2 fully saturated rings. The Balaban J connectivity index is 1.65. The minimum absolute atomic E-state index is 0.380. The number of nitrogens with one attached hydrogen (secondary N) is 1. The molecule has 0 bridgehead atoms. The van der Waals surface area contributed by atoms with Crippen molar-refractivity contribution in [2.45, 2.75) is 33.1 Å². The van der Waals surface area contributed by atoms with Crippen molar-refractivity contribution >= 4 is 5.96 Å². The molecule has 2 rings (SSSR count). The van der Waals surface area contributed by atoms with Crippen LogP contribution in [0.25, 0.3) is 0 Å². The van der Waals surface area contributed by atoms with E-state index in [1.54, 1.807) is 0 Å². The maximum Gasteiger partial charge on any atom is 0.193 e. The van der Waals surface area contributed by atoms with Crippen LogP contribution in [0.1, 0.15) is 33.1 Å². The molecule has 122 valence electrons. The van der Waals surface area contributed by atoms with Crippen LogP contribution in [0.15, 0.2) is 4.99 Å². The Labute approximate surface area is 129 Å². The van der Waals surface area contributed by atoms with E-state index in [0.717, 1.165) is 58.4 Å². The van der Waals surface area contributed by atoms with E-state index in [1.165, 1.54) is 12.8 Å². The molecule has 0 saturated carbocycles. The molecule has 21 heavy (non-hydrogen) atoms. The Hall–Kier alpha value is -0.810. The van der Waals surface area contributed by atoms with Crippen LogP contribution in [0.2, 0.25) is 0 Å². The lowest BCUT2D eigenvalue weighted by molar-refractivity contribution is 0.127. The third-order valence-electron chi connectivity index (χ3n) is 4.50. The molecule has 5 nitrogen and oxygen atoms in total. The first-order valence-corrected chi connectivity index (χ1v) is 8.26. The first-order chi connectivity index (χ1) is 10.2. The van der Waals surface area contributed by atoms with Crippen LogP contribution in [0.4, 0.5) is 0 Å². The maximum atomic E-state index is 5.64. The number of ether oxygens (including phenoxy) is 2. The number of aliphatic imine (C=N–C) groups is 1. The number of guanidine groups is 1. The topological polar surface area (TPSA) is 46.1 Å². The van der Waals surface area contributed by atoms with Crippen molar-refractivity contribution in [3.63, 3.8) is 0 Å². The summed E-state index contributed by atoms with van der Waals surface area (Å²) in [5, 5.41) is 3.42. The van der Waals surface area contributed by atoms with E-state index < -0.39 is 0 Å². The first-order valence-electron chi connectivity index (χ1n) is 8.26. The Morgan fingerprint density at radius 2 is 2.24 bits per heavy atom. The second-order valence-corrected chi connectivity index (χ2v) is 6.74. The van der Waals surface area contributed by atoms with Crippen LogP contribution < -0.4 is 5.32 Å². The second kappa shape index (κ2) is 7.99. The predicted octanol–water partition coefficient (Wildman–Crippen LogP) is 1.74. The second-order valence-electron chi connectivity index (χ2n) is 6.74. The summed E-state index contributed by atoms with van der Waals surface area (Å²) in [4.78, 5) is 6.77. The van der Waals surface area contributed by atoms with Gasteiger partial charge in [-0.15, -0.1) is 0 Å². The molecule has 2 heterocycles. The molecule has 0 radical (unpaired) electrons. The zero-order valence-corrected chi connectivity index (χ0v) is 13.9. The summed E-state index contributed by atoms with van der Waals surface area (Å²) in [5.41, 5.74) is 0.380. The molecule has 0 aromatic heterocycles. The van der Waals surface area contributed by atoms with Gasteiger partial charge in [-0.05, 0) is 25.2 Å². The first kappa shape index (κ1) is 16.6. The van der Waals surface area contributed by atoms with Gasteiger partial charge in [0.1, 0.15) is 0 Å². The Morgan fingerprint density at radius 1 is 1.38 bits per heavy atom. The van der Waals surface area contributed by atoms with Gasteiger partial charge in [-0.3, -0.25) is 4.99 Å². The number of rotatable bonds is 6. The quantitative estimate of drug-likeness (QED) is 0.461. The molecule has 1 spiro atoms. The van der Waals surface area contributed by atoms with Gasteiger partial charge < -0.3 is 19.7 Å². The summed E-state index contributed by atoms with van der Waals surface area (Å²) in [6.45, 7) is 10.8. The fraction of sp³-hybridized carbons (Fsp3) is 0.938. The molecule has 2 saturated heterocycles. The molecule has 2 aliphatic rings. The van der Waals surface area contributed by atoms with E-state index in [2.05, 4.69) is 29.1 Å². The number of hydrogen-bond acceptors (Lipinski definition) is 3.